The maximum absolute atomic E-state index is 11.8. The minimum atomic E-state index is -0.767. The number of likely N-dealkylation sites (tertiary alicyclic amines) is 1. The van der Waals surface area contributed by atoms with Gasteiger partial charge in [-0.25, -0.2) is 4.79 Å². The number of carboxylic acids is 1. The van der Waals surface area contributed by atoms with Crippen molar-refractivity contribution in [2.24, 2.45) is 5.41 Å². The van der Waals surface area contributed by atoms with E-state index in [-0.39, 0.29) is 12.6 Å². The van der Waals surface area contributed by atoms with E-state index < -0.39 is 11.4 Å². The van der Waals surface area contributed by atoms with Gasteiger partial charge < -0.3 is 15.3 Å². The molecule has 5 heteroatoms. The third kappa shape index (κ3) is 2.53. The lowest BCUT2D eigenvalue weighted by atomic mass is 9.86. The van der Waals surface area contributed by atoms with Crippen LogP contribution in [0.5, 0.6) is 0 Å². The lowest BCUT2D eigenvalue weighted by molar-refractivity contribution is -0.148. The van der Waals surface area contributed by atoms with Crippen LogP contribution in [0.25, 0.3) is 0 Å². The molecule has 1 saturated heterocycles. The van der Waals surface area contributed by atoms with Gasteiger partial charge >= 0.3 is 12.0 Å². The maximum Gasteiger partial charge on any atom is 0.317 e. The summed E-state index contributed by atoms with van der Waals surface area (Å²) >= 11 is 0. The number of nitrogens with one attached hydrogen (secondary N) is 1. The summed E-state index contributed by atoms with van der Waals surface area (Å²) in [6.45, 7) is 1.87. The monoisotopic (exact) mass is 240 g/mol. The van der Waals surface area contributed by atoms with Crippen molar-refractivity contribution in [1.82, 2.24) is 10.2 Å². The SMILES string of the molecule is O=C(NCC1(C(=O)O)CCCC1)N1CCCC1. The summed E-state index contributed by atoms with van der Waals surface area (Å²) in [4.78, 5) is 24.8. The van der Waals surface area contributed by atoms with Crippen LogP contribution in [-0.2, 0) is 4.79 Å². The summed E-state index contributed by atoms with van der Waals surface area (Å²) in [7, 11) is 0. The van der Waals surface area contributed by atoms with E-state index in [0.717, 1.165) is 38.8 Å². The van der Waals surface area contributed by atoms with Gasteiger partial charge in [0, 0.05) is 19.6 Å². The van der Waals surface area contributed by atoms with Crippen molar-refractivity contribution in [3.05, 3.63) is 0 Å². The number of carbonyl (C=O) groups excluding carboxylic acids is 1. The molecule has 2 N–H and O–H groups in total. The van der Waals surface area contributed by atoms with E-state index in [2.05, 4.69) is 5.32 Å². The minimum absolute atomic E-state index is 0.102. The third-order valence-electron chi connectivity index (χ3n) is 3.99. The van der Waals surface area contributed by atoms with E-state index in [1.807, 2.05) is 0 Å². The van der Waals surface area contributed by atoms with Gasteiger partial charge in [0.25, 0.3) is 0 Å². The normalized spacial score (nSPS) is 22.7. The van der Waals surface area contributed by atoms with E-state index in [4.69, 9.17) is 0 Å². The Morgan fingerprint density at radius 1 is 1.12 bits per heavy atom. The molecule has 0 aromatic rings. The number of carboxylic acid groups (broad SMARTS) is 1. The van der Waals surface area contributed by atoms with Gasteiger partial charge in [0.05, 0.1) is 5.41 Å². The summed E-state index contributed by atoms with van der Waals surface area (Å²) in [6.07, 6.45) is 5.37. The van der Waals surface area contributed by atoms with Gasteiger partial charge in [0.2, 0.25) is 0 Å². The quantitative estimate of drug-likeness (QED) is 0.784. The summed E-state index contributed by atoms with van der Waals surface area (Å²) in [5.74, 6) is -0.767. The highest BCUT2D eigenvalue weighted by molar-refractivity contribution is 5.78. The van der Waals surface area contributed by atoms with Gasteiger partial charge in [-0.15, -0.1) is 0 Å². The molecule has 5 nitrogen and oxygen atoms in total. The van der Waals surface area contributed by atoms with E-state index in [0.29, 0.717) is 12.8 Å². The van der Waals surface area contributed by atoms with Crippen molar-refractivity contribution >= 4 is 12.0 Å². The van der Waals surface area contributed by atoms with E-state index in [1.165, 1.54) is 0 Å². The highest BCUT2D eigenvalue weighted by Crippen LogP contribution is 2.37. The first-order valence-electron chi connectivity index (χ1n) is 6.40. The van der Waals surface area contributed by atoms with Crippen LogP contribution in [0.1, 0.15) is 38.5 Å². The van der Waals surface area contributed by atoms with Gasteiger partial charge in [-0.2, -0.15) is 0 Å². The van der Waals surface area contributed by atoms with Crippen LogP contribution in [0.3, 0.4) is 0 Å². The van der Waals surface area contributed by atoms with Crippen molar-refractivity contribution in [2.75, 3.05) is 19.6 Å². The molecule has 2 amide bonds. The van der Waals surface area contributed by atoms with Crippen LogP contribution >= 0.6 is 0 Å². The van der Waals surface area contributed by atoms with Crippen LogP contribution in [0.15, 0.2) is 0 Å². The van der Waals surface area contributed by atoms with E-state index in [9.17, 15) is 14.7 Å². The zero-order valence-corrected chi connectivity index (χ0v) is 10.1. The summed E-state index contributed by atoms with van der Waals surface area (Å²) in [5, 5.41) is 12.1. The molecule has 1 heterocycles. The highest BCUT2D eigenvalue weighted by Gasteiger charge is 2.41. The van der Waals surface area contributed by atoms with Crippen LogP contribution in [0.2, 0.25) is 0 Å². The molecule has 0 aromatic carbocycles. The second-order valence-electron chi connectivity index (χ2n) is 5.15. The van der Waals surface area contributed by atoms with Crippen molar-refractivity contribution < 1.29 is 14.7 Å². The molecule has 1 saturated carbocycles. The first kappa shape index (κ1) is 12.2. The summed E-state index contributed by atoms with van der Waals surface area (Å²) < 4.78 is 0. The minimum Gasteiger partial charge on any atom is -0.481 e. The smallest absolute Gasteiger partial charge is 0.317 e. The van der Waals surface area contributed by atoms with Crippen LogP contribution < -0.4 is 5.32 Å². The molecule has 17 heavy (non-hydrogen) atoms. The fourth-order valence-corrected chi connectivity index (χ4v) is 2.79. The first-order chi connectivity index (χ1) is 8.14. The molecule has 2 rings (SSSR count). The molecule has 0 unspecified atom stereocenters. The molecule has 1 aliphatic heterocycles. The molecular weight excluding hydrogens is 220 g/mol. The predicted octanol–water partition coefficient (Wildman–Crippen LogP) is 1.44. The largest absolute Gasteiger partial charge is 0.481 e. The summed E-state index contributed by atoms with van der Waals surface area (Å²) in [5.41, 5.74) is -0.713. The topological polar surface area (TPSA) is 69.6 Å². The average Bonchev–Trinajstić information content (AvgIpc) is 2.97. The van der Waals surface area contributed by atoms with E-state index >= 15 is 0 Å². The lowest BCUT2D eigenvalue weighted by Crippen LogP contribution is -2.45. The molecule has 0 radical (unpaired) electrons. The standard InChI is InChI=1S/C12H20N2O3/c15-10(16)12(5-1-2-6-12)9-13-11(17)14-7-3-4-8-14/h1-9H2,(H,13,17)(H,15,16). The zero-order chi connectivity index (χ0) is 12.3. The fraction of sp³-hybridized carbons (Fsp3) is 0.833. The Balaban J connectivity index is 1.87. The molecule has 2 aliphatic rings. The number of hydrogen-bond donors (Lipinski definition) is 2. The van der Waals surface area contributed by atoms with Gasteiger partial charge in [0.15, 0.2) is 0 Å². The Hall–Kier alpha value is -1.26. The molecule has 0 spiro atoms. The number of urea groups is 1. The molecule has 0 aromatic heterocycles. The number of hydrogen-bond acceptors (Lipinski definition) is 2. The summed E-state index contributed by atoms with van der Waals surface area (Å²) in [6, 6.07) is -0.102. The molecule has 0 bridgehead atoms. The molecule has 0 atom stereocenters. The van der Waals surface area contributed by atoms with Crippen LogP contribution in [0, 0.1) is 5.41 Å². The lowest BCUT2D eigenvalue weighted by Gasteiger charge is -2.25. The maximum atomic E-state index is 11.8. The Morgan fingerprint density at radius 3 is 2.24 bits per heavy atom. The van der Waals surface area contributed by atoms with Gasteiger partial charge in [-0.05, 0) is 25.7 Å². The van der Waals surface area contributed by atoms with Crippen molar-refractivity contribution in [3.8, 4) is 0 Å². The number of aliphatic carboxylic acids is 1. The number of rotatable bonds is 3. The average molecular weight is 240 g/mol. The Labute approximate surface area is 101 Å². The Kier molecular flexibility index (Phi) is 3.54. The number of amides is 2. The van der Waals surface area contributed by atoms with Crippen molar-refractivity contribution in [3.63, 3.8) is 0 Å². The second kappa shape index (κ2) is 4.94. The molecular formula is C12H20N2O3. The first-order valence-corrected chi connectivity index (χ1v) is 6.40. The second-order valence-corrected chi connectivity index (χ2v) is 5.15. The molecule has 2 fully saturated rings. The van der Waals surface area contributed by atoms with Gasteiger partial charge in [-0.3, -0.25) is 4.79 Å². The Morgan fingerprint density at radius 2 is 1.71 bits per heavy atom. The predicted molar refractivity (Wildman–Crippen MR) is 62.7 cm³/mol. The Bertz CT molecular complexity index is 305. The van der Waals surface area contributed by atoms with Crippen LogP contribution in [-0.4, -0.2) is 41.6 Å². The third-order valence-corrected chi connectivity index (χ3v) is 3.99. The number of nitrogens with zero attached hydrogens (tertiary/aromatic N) is 1. The highest BCUT2D eigenvalue weighted by atomic mass is 16.4. The van der Waals surface area contributed by atoms with Gasteiger partial charge in [-0.1, -0.05) is 12.8 Å². The van der Waals surface area contributed by atoms with Crippen molar-refractivity contribution in [2.45, 2.75) is 38.5 Å². The van der Waals surface area contributed by atoms with E-state index in [1.54, 1.807) is 4.90 Å². The van der Waals surface area contributed by atoms with Crippen molar-refractivity contribution in [1.29, 1.82) is 0 Å². The van der Waals surface area contributed by atoms with Crippen LogP contribution in [0.4, 0.5) is 4.79 Å². The molecule has 96 valence electrons. The number of carbonyl (C=O) groups is 2. The zero-order valence-electron chi connectivity index (χ0n) is 10.1. The van der Waals surface area contributed by atoms with Gasteiger partial charge in [0.1, 0.15) is 0 Å². The fourth-order valence-electron chi connectivity index (χ4n) is 2.79. The molecule has 1 aliphatic carbocycles.